The van der Waals surface area contributed by atoms with Gasteiger partial charge in [-0.3, -0.25) is 9.48 Å². The lowest BCUT2D eigenvalue weighted by Gasteiger charge is -2.06. The molecular weight excluding hydrogens is 226 g/mol. The van der Waals surface area contributed by atoms with E-state index >= 15 is 0 Å². The van der Waals surface area contributed by atoms with Gasteiger partial charge in [0.15, 0.2) is 0 Å². The van der Waals surface area contributed by atoms with Gasteiger partial charge in [-0.25, -0.2) is 0 Å². The molecule has 1 rings (SSSR count). The van der Waals surface area contributed by atoms with Crippen molar-refractivity contribution in [2.75, 3.05) is 6.54 Å². The van der Waals surface area contributed by atoms with Crippen LogP contribution in [0.5, 0.6) is 0 Å². The molecule has 0 saturated carbocycles. The summed E-state index contributed by atoms with van der Waals surface area (Å²) in [5.74, 6) is 0.0326. The van der Waals surface area contributed by atoms with Crippen LogP contribution in [-0.4, -0.2) is 22.2 Å². The summed E-state index contributed by atoms with van der Waals surface area (Å²) < 4.78 is 1.98. The molecule has 0 bridgehead atoms. The topological polar surface area (TPSA) is 46.9 Å². The lowest BCUT2D eigenvalue weighted by Crippen LogP contribution is -2.26. The Labute approximate surface area is 109 Å². The molecule has 0 radical (unpaired) electrons. The summed E-state index contributed by atoms with van der Waals surface area (Å²) in [6.07, 6.45) is 3.73. The quantitative estimate of drug-likeness (QED) is 0.621. The second kappa shape index (κ2) is 6.99. The zero-order valence-electron chi connectivity index (χ0n) is 11.8. The van der Waals surface area contributed by atoms with Crippen LogP contribution in [0, 0.1) is 13.8 Å². The summed E-state index contributed by atoms with van der Waals surface area (Å²) in [6, 6.07) is 2.06. The average Bonchev–Trinajstić information content (AvgIpc) is 2.63. The zero-order valence-corrected chi connectivity index (χ0v) is 11.8. The minimum Gasteiger partial charge on any atom is -0.352 e. The van der Waals surface area contributed by atoms with E-state index in [4.69, 9.17) is 0 Å². The van der Waals surface area contributed by atoms with E-state index in [1.54, 1.807) is 0 Å². The van der Waals surface area contributed by atoms with Crippen LogP contribution >= 0.6 is 0 Å². The Bertz CT molecular complexity index is 432. The molecule has 0 aliphatic heterocycles. The van der Waals surface area contributed by atoms with Crippen LogP contribution in [0.4, 0.5) is 0 Å². The second-order valence-electron chi connectivity index (χ2n) is 4.56. The minimum atomic E-state index is 0.0326. The molecule has 0 aromatic carbocycles. The van der Waals surface area contributed by atoms with Gasteiger partial charge in [0.1, 0.15) is 0 Å². The summed E-state index contributed by atoms with van der Waals surface area (Å²) in [5.41, 5.74) is 3.00. The first-order chi connectivity index (χ1) is 8.54. The summed E-state index contributed by atoms with van der Waals surface area (Å²) >= 11 is 0. The highest BCUT2D eigenvalue weighted by atomic mass is 16.1. The van der Waals surface area contributed by atoms with Gasteiger partial charge in [-0.15, -0.1) is 0 Å². The molecule has 4 nitrogen and oxygen atoms in total. The molecule has 18 heavy (non-hydrogen) atoms. The molecule has 1 aromatic rings. The van der Waals surface area contributed by atoms with Crippen molar-refractivity contribution in [3.63, 3.8) is 0 Å². The fraction of sp³-hybridized carbons (Fsp3) is 0.571. The SMILES string of the molecule is CC/C=C(/C)C(=O)NCCCn1nc(C)cc1C. The van der Waals surface area contributed by atoms with Crippen LogP contribution < -0.4 is 5.32 Å². The Morgan fingerprint density at radius 3 is 2.78 bits per heavy atom. The molecular formula is C14H23N3O. The van der Waals surface area contributed by atoms with Gasteiger partial charge in [0, 0.05) is 24.4 Å². The van der Waals surface area contributed by atoms with E-state index < -0.39 is 0 Å². The summed E-state index contributed by atoms with van der Waals surface area (Å²) in [5, 5.41) is 7.30. The second-order valence-corrected chi connectivity index (χ2v) is 4.56. The number of carbonyl (C=O) groups excluding carboxylic acids is 1. The normalized spacial score (nSPS) is 11.7. The van der Waals surface area contributed by atoms with Crippen LogP contribution in [-0.2, 0) is 11.3 Å². The van der Waals surface area contributed by atoms with Crippen LogP contribution in [0.15, 0.2) is 17.7 Å². The van der Waals surface area contributed by atoms with Gasteiger partial charge < -0.3 is 5.32 Å². The van der Waals surface area contributed by atoms with Crippen molar-refractivity contribution in [3.05, 3.63) is 29.1 Å². The Hall–Kier alpha value is -1.58. The molecule has 0 fully saturated rings. The Morgan fingerprint density at radius 2 is 2.22 bits per heavy atom. The fourth-order valence-electron chi connectivity index (χ4n) is 1.87. The van der Waals surface area contributed by atoms with E-state index in [1.165, 1.54) is 5.69 Å². The van der Waals surface area contributed by atoms with Gasteiger partial charge in [-0.05, 0) is 39.7 Å². The number of carbonyl (C=O) groups is 1. The van der Waals surface area contributed by atoms with Crippen LogP contribution in [0.1, 0.15) is 38.1 Å². The third kappa shape index (κ3) is 4.35. The molecule has 1 heterocycles. The molecule has 100 valence electrons. The molecule has 1 amide bonds. The maximum Gasteiger partial charge on any atom is 0.246 e. The fourth-order valence-corrected chi connectivity index (χ4v) is 1.87. The molecule has 0 aliphatic carbocycles. The third-order valence-corrected chi connectivity index (χ3v) is 2.80. The molecule has 4 heteroatoms. The van der Waals surface area contributed by atoms with Crippen molar-refractivity contribution in [2.45, 2.75) is 47.1 Å². The van der Waals surface area contributed by atoms with Gasteiger partial charge in [0.05, 0.1) is 5.69 Å². The third-order valence-electron chi connectivity index (χ3n) is 2.80. The van der Waals surface area contributed by atoms with Crippen molar-refractivity contribution in [3.8, 4) is 0 Å². The standard InChI is InChI=1S/C14H23N3O/c1-5-7-11(2)14(18)15-8-6-9-17-13(4)10-12(3)16-17/h7,10H,5-6,8-9H2,1-4H3,(H,15,18)/b11-7-. The predicted octanol–water partition coefficient (Wildman–Crippen LogP) is 2.36. The van der Waals surface area contributed by atoms with Crippen molar-refractivity contribution in [1.82, 2.24) is 15.1 Å². The van der Waals surface area contributed by atoms with Gasteiger partial charge in [-0.2, -0.15) is 5.10 Å². The van der Waals surface area contributed by atoms with E-state index in [-0.39, 0.29) is 5.91 Å². The number of aryl methyl sites for hydroxylation is 3. The predicted molar refractivity (Wildman–Crippen MR) is 73.4 cm³/mol. The first-order valence-electron chi connectivity index (χ1n) is 6.50. The zero-order chi connectivity index (χ0) is 13.5. The Kier molecular flexibility index (Phi) is 5.62. The highest BCUT2D eigenvalue weighted by Gasteiger charge is 2.03. The molecule has 1 N–H and O–H groups in total. The van der Waals surface area contributed by atoms with Gasteiger partial charge >= 0.3 is 0 Å². The van der Waals surface area contributed by atoms with Crippen LogP contribution in [0.25, 0.3) is 0 Å². The number of aromatic nitrogens is 2. The summed E-state index contributed by atoms with van der Waals surface area (Å²) in [4.78, 5) is 11.6. The highest BCUT2D eigenvalue weighted by molar-refractivity contribution is 5.92. The molecule has 0 spiro atoms. The van der Waals surface area contributed by atoms with Crippen molar-refractivity contribution < 1.29 is 4.79 Å². The average molecular weight is 249 g/mol. The Balaban J connectivity index is 2.29. The molecule has 1 aromatic heterocycles. The van der Waals surface area contributed by atoms with Gasteiger partial charge in [0.2, 0.25) is 5.91 Å². The van der Waals surface area contributed by atoms with Crippen LogP contribution in [0.3, 0.4) is 0 Å². The largest absolute Gasteiger partial charge is 0.352 e. The van der Waals surface area contributed by atoms with E-state index in [1.807, 2.05) is 38.5 Å². The molecule has 0 aliphatic rings. The maximum atomic E-state index is 11.6. The monoisotopic (exact) mass is 249 g/mol. The highest BCUT2D eigenvalue weighted by Crippen LogP contribution is 2.02. The van der Waals surface area contributed by atoms with Gasteiger partial charge in [0.25, 0.3) is 0 Å². The number of rotatable bonds is 6. The molecule has 0 unspecified atom stereocenters. The van der Waals surface area contributed by atoms with Crippen molar-refractivity contribution in [1.29, 1.82) is 0 Å². The van der Waals surface area contributed by atoms with Gasteiger partial charge in [-0.1, -0.05) is 13.0 Å². The van der Waals surface area contributed by atoms with E-state index in [0.717, 1.165) is 30.7 Å². The lowest BCUT2D eigenvalue weighted by molar-refractivity contribution is -0.117. The molecule has 0 atom stereocenters. The first-order valence-corrected chi connectivity index (χ1v) is 6.50. The summed E-state index contributed by atoms with van der Waals surface area (Å²) in [6.45, 7) is 9.44. The van der Waals surface area contributed by atoms with E-state index in [2.05, 4.69) is 16.5 Å². The lowest BCUT2D eigenvalue weighted by atomic mass is 10.2. The number of nitrogens with one attached hydrogen (secondary N) is 1. The van der Waals surface area contributed by atoms with Crippen molar-refractivity contribution in [2.24, 2.45) is 0 Å². The number of hydrogen-bond acceptors (Lipinski definition) is 2. The van der Waals surface area contributed by atoms with E-state index in [0.29, 0.717) is 6.54 Å². The van der Waals surface area contributed by atoms with E-state index in [9.17, 15) is 4.79 Å². The van der Waals surface area contributed by atoms with Crippen LogP contribution in [0.2, 0.25) is 0 Å². The molecule has 0 saturated heterocycles. The smallest absolute Gasteiger partial charge is 0.246 e. The van der Waals surface area contributed by atoms with Crippen molar-refractivity contribution >= 4 is 5.91 Å². The minimum absolute atomic E-state index is 0.0326. The number of nitrogens with zero attached hydrogens (tertiary/aromatic N) is 2. The number of allylic oxidation sites excluding steroid dienone is 1. The first kappa shape index (κ1) is 14.5. The summed E-state index contributed by atoms with van der Waals surface area (Å²) in [7, 11) is 0. The number of hydrogen-bond donors (Lipinski definition) is 1. The Morgan fingerprint density at radius 1 is 1.50 bits per heavy atom. The maximum absolute atomic E-state index is 11.6. The number of amides is 1.